The summed E-state index contributed by atoms with van der Waals surface area (Å²) in [6, 6.07) is 11.5. The fourth-order valence-corrected chi connectivity index (χ4v) is 6.97. The lowest BCUT2D eigenvalue weighted by Gasteiger charge is -2.26. The van der Waals surface area contributed by atoms with Crippen molar-refractivity contribution in [2.45, 2.75) is 19.9 Å². The molecule has 0 atom stereocenters. The summed E-state index contributed by atoms with van der Waals surface area (Å²) in [6.45, 7) is 3.08. The minimum atomic E-state index is -0.332. The van der Waals surface area contributed by atoms with Gasteiger partial charge in [-0.15, -0.1) is 22.7 Å². The monoisotopic (exact) mass is 579 g/mol. The van der Waals surface area contributed by atoms with E-state index in [4.69, 9.17) is 23.9 Å². The van der Waals surface area contributed by atoms with Gasteiger partial charge in [0, 0.05) is 23.1 Å². The fraction of sp³-hybridized carbons (Fsp3) is 0.276. The van der Waals surface area contributed by atoms with Gasteiger partial charge in [-0.05, 0) is 54.8 Å². The molecule has 0 fully saturated rings. The highest BCUT2D eigenvalue weighted by Crippen LogP contribution is 2.46. The molecule has 2 aromatic heterocycles. The minimum absolute atomic E-state index is 0.294. The Morgan fingerprint density at radius 3 is 2.50 bits per heavy atom. The maximum atomic E-state index is 13.2. The Bertz CT molecular complexity index is 1530. The Balaban J connectivity index is 1.46. The van der Waals surface area contributed by atoms with Crippen LogP contribution < -0.4 is 19.5 Å². The van der Waals surface area contributed by atoms with E-state index in [1.54, 1.807) is 62.7 Å². The summed E-state index contributed by atoms with van der Waals surface area (Å²) >= 11 is 3.06. The third kappa shape index (κ3) is 5.47. The number of rotatable bonds is 8. The minimum Gasteiger partial charge on any atom is -0.493 e. The topological polar surface area (TPSA) is 99.2 Å². The van der Waals surface area contributed by atoms with Crippen molar-refractivity contribution >= 4 is 56.0 Å². The molecule has 0 unspecified atom stereocenters. The lowest BCUT2D eigenvalue weighted by molar-refractivity contribution is -0.111. The molecule has 0 spiro atoms. The Kier molecular flexibility index (Phi) is 8.22. The number of methoxy groups -OCH3 is 3. The van der Waals surface area contributed by atoms with Gasteiger partial charge in [0.25, 0.3) is 0 Å². The molecule has 1 N–H and O–H groups in total. The van der Waals surface area contributed by atoms with Gasteiger partial charge in [0.1, 0.15) is 10.0 Å². The van der Waals surface area contributed by atoms with Crippen molar-refractivity contribution in [1.82, 2.24) is 9.88 Å². The molecule has 0 saturated heterocycles. The molecule has 1 aliphatic rings. The molecule has 208 valence electrons. The van der Waals surface area contributed by atoms with Crippen LogP contribution in [0.5, 0.6) is 17.2 Å². The second-order valence-electron chi connectivity index (χ2n) is 8.85. The van der Waals surface area contributed by atoms with Crippen molar-refractivity contribution in [3.05, 3.63) is 58.5 Å². The zero-order valence-electron chi connectivity index (χ0n) is 22.6. The molecule has 0 bridgehead atoms. The molecule has 0 radical (unpaired) electrons. The smallest absolute Gasteiger partial charge is 0.410 e. The first-order valence-corrected chi connectivity index (χ1v) is 14.3. The van der Waals surface area contributed by atoms with Gasteiger partial charge in [0.15, 0.2) is 11.5 Å². The molecule has 40 heavy (non-hydrogen) atoms. The standard InChI is InChI=1S/C29H29N3O6S2/c1-5-38-29(34)32-13-12-18-23(16-32)40-28(25(18)27-30-19-8-6-7-9-22(19)39-27)31-24(33)11-10-17-14-20(35-2)26(37-4)21(15-17)36-3/h6-11,14-15H,5,12-13,16H2,1-4H3,(H,31,33)/b11-10+. The molecule has 2 aromatic carbocycles. The number of fused-ring (bicyclic) bond motifs is 2. The highest BCUT2D eigenvalue weighted by Gasteiger charge is 2.30. The maximum Gasteiger partial charge on any atom is 0.410 e. The number of carbonyl (C=O) groups is 2. The SMILES string of the molecule is CCOC(=O)N1CCc2c(sc(NC(=O)/C=C/c3cc(OC)c(OC)c(OC)c3)c2-c2nc3ccccc3s2)C1. The van der Waals surface area contributed by atoms with Gasteiger partial charge >= 0.3 is 6.09 Å². The summed E-state index contributed by atoms with van der Waals surface area (Å²) in [5, 5.41) is 4.61. The maximum absolute atomic E-state index is 13.2. The Labute approximate surface area is 239 Å². The number of hydrogen-bond acceptors (Lipinski definition) is 9. The predicted molar refractivity (Wildman–Crippen MR) is 158 cm³/mol. The molecule has 2 amide bonds. The number of amides is 2. The molecular weight excluding hydrogens is 550 g/mol. The first-order valence-electron chi connectivity index (χ1n) is 12.7. The molecular formula is C29H29N3O6S2. The normalized spacial score (nSPS) is 12.8. The van der Waals surface area contributed by atoms with Crippen LogP contribution in [0.15, 0.2) is 42.5 Å². The van der Waals surface area contributed by atoms with Crippen molar-refractivity contribution in [1.29, 1.82) is 0 Å². The molecule has 0 saturated carbocycles. The predicted octanol–water partition coefficient (Wildman–Crippen LogP) is 6.22. The van der Waals surface area contributed by atoms with E-state index in [1.165, 1.54) is 17.4 Å². The molecule has 11 heteroatoms. The number of aromatic nitrogens is 1. The zero-order valence-corrected chi connectivity index (χ0v) is 24.2. The van der Waals surface area contributed by atoms with E-state index in [-0.39, 0.29) is 12.0 Å². The number of nitrogens with zero attached hydrogens (tertiary/aromatic N) is 2. The van der Waals surface area contributed by atoms with Crippen LogP contribution in [0.2, 0.25) is 0 Å². The summed E-state index contributed by atoms with van der Waals surface area (Å²) in [7, 11) is 4.63. The van der Waals surface area contributed by atoms with E-state index in [1.807, 2.05) is 24.3 Å². The number of para-hydroxylation sites is 1. The summed E-state index contributed by atoms with van der Waals surface area (Å²) in [5.74, 6) is 1.18. The van der Waals surface area contributed by atoms with Gasteiger partial charge in [-0.1, -0.05) is 12.1 Å². The van der Waals surface area contributed by atoms with Crippen molar-refractivity contribution in [2.75, 3.05) is 39.8 Å². The van der Waals surface area contributed by atoms with Crippen molar-refractivity contribution in [3.63, 3.8) is 0 Å². The van der Waals surface area contributed by atoms with Crippen LogP contribution >= 0.6 is 22.7 Å². The molecule has 3 heterocycles. The highest BCUT2D eigenvalue weighted by molar-refractivity contribution is 7.23. The average Bonchev–Trinajstić information content (AvgIpc) is 3.55. The number of thiazole rings is 1. The van der Waals surface area contributed by atoms with E-state index in [0.29, 0.717) is 53.9 Å². The van der Waals surface area contributed by atoms with Crippen molar-refractivity contribution in [3.8, 4) is 27.8 Å². The van der Waals surface area contributed by atoms with Gasteiger partial charge in [-0.3, -0.25) is 4.79 Å². The second kappa shape index (κ2) is 12.0. The Morgan fingerprint density at radius 2 is 1.82 bits per heavy atom. The number of ether oxygens (including phenoxy) is 4. The third-order valence-electron chi connectivity index (χ3n) is 6.44. The van der Waals surface area contributed by atoms with Crippen LogP contribution in [-0.4, -0.2) is 56.4 Å². The molecule has 9 nitrogen and oxygen atoms in total. The van der Waals surface area contributed by atoms with Crippen LogP contribution in [0, 0.1) is 0 Å². The van der Waals surface area contributed by atoms with Crippen LogP contribution in [0.3, 0.4) is 0 Å². The number of anilines is 1. The van der Waals surface area contributed by atoms with E-state index in [9.17, 15) is 9.59 Å². The van der Waals surface area contributed by atoms with Gasteiger partial charge in [-0.2, -0.15) is 0 Å². The lowest BCUT2D eigenvalue weighted by atomic mass is 10.0. The molecule has 1 aliphatic heterocycles. The second-order valence-corrected chi connectivity index (χ2v) is 11.0. The first kappa shape index (κ1) is 27.5. The van der Waals surface area contributed by atoms with Gasteiger partial charge in [0.05, 0.1) is 44.7 Å². The van der Waals surface area contributed by atoms with Crippen LogP contribution in [0.4, 0.5) is 9.80 Å². The quantitative estimate of drug-likeness (QED) is 0.248. The first-order chi connectivity index (χ1) is 19.4. The summed E-state index contributed by atoms with van der Waals surface area (Å²) in [5.41, 5.74) is 3.64. The Hall–Kier alpha value is -4.09. The van der Waals surface area contributed by atoms with Crippen LogP contribution in [0.1, 0.15) is 22.9 Å². The third-order valence-corrected chi connectivity index (χ3v) is 8.63. The van der Waals surface area contributed by atoms with Crippen LogP contribution in [-0.2, 0) is 22.5 Å². The Morgan fingerprint density at radius 1 is 1.07 bits per heavy atom. The molecule has 5 rings (SSSR count). The van der Waals surface area contributed by atoms with Gasteiger partial charge in [0.2, 0.25) is 11.7 Å². The summed E-state index contributed by atoms with van der Waals surface area (Å²) in [4.78, 5) is 33.2. The van der Waals surface area contributed by atoms with Crippen molar-refractivity contribution in [2.24, 2.45) is 0 Å². The van der Waals surface area contributed by atoms with Gasteiger partial charge in [-0.25, -0.2) is 9.78 Å². The largest absolute Gasteiger partial charge is 0.493 e. The number of thiophene rings is 1. The molecule has 4 aromatic rings. The fourth-order valence-electron chi connectivity index (χ4n) is 4.59. The number of benzene rings is 2. The van der Waals surface area contributed by atoms with Gasteiger partial charge < -0.3 is 29.2 Å². The molecule has 0 aliphatic carbocycles. The zero-order chi connectivity index (χ0) is 28.2. The van der Waals surface area contributed by atoms with Crippen LogP contribution in [0.25, 0.3) is 26.9 Å². The van der Waals surface area contributed by atoms with E-state index in [0.717, 1.165) is 31.2 Å². The summed E-state index contributed by atoms with van der Waals surface area (Å²) < 4.78 is 22.5. The van der Waals surface area contributed by atoms with E-state index < -0.39 is 0 Å². The number of hydrogen-bond donors (Lipinski definition) is 1. The number of carbonyl (C=O) groups excluding carboxylic acids is 2. The van der Waals surface area contributed by atoms with E-state index >= 15 is 0 Å². The lowest BCUT2D eigenvalue weighted by Crippen LogP contribution is -2.35. The average molecular weight is 580 g/mol. The number of nitrogens with one attached hydrogen (secondary N) is 1. The van der Waals surface area contributed by atoms with Crippen molar-refractivity contribution < 1.29 is 28.5 Å². The summed E-state index contributed by atoms with van der Waals surface area (Å²) in [6.07, 6.45) is 3.47. The highest BCUT2D eigenvalue weighted by atomic mass is 32.1. The van der Waals surface area contributed by atoms with E-state index in [2.05, 4.69) is 5.32 Å².